The predicted molar refractivity (Wildman–Crippen MR) is 169 cm³/mol. The largest absolute Gasteiger partial charge is 0.497 e. The Morgan fingerprint density at radius 2 is 1.58 bits per heavy atom. The molecule has 1 N–H and O–H groups in total. The number of hydrogen-bond acceptors (Lipinski definition) is 7. The molecule has 12 heteroatoms. The van der Waals surface area contributed by atoms with Crippen LogP contribution < -0.4 is 10.2 Å². The summed E-state index contributed by atoms with van der Waals surface area (Å²) in [4.78, 5) is 13.7. The molecular weight excluding hydrogens is 607 g/mol. The first kappa shape index (κ1) is 31.0. The maximum Gasteiger partial charge on any atom is 0.259 e. The van der Waals surface area contributed by atoms with Gasteiger partial charge in [-0.05, 0) is 66.1 Å². The molecule has 5 rings (SSSR count). The monoisotopic (exact) mass is 639 g/mol. The van der Waals surface area contributed by atoms with Crippen molar-refractivity contribution in [3.63, 3.8) is 0 Å². The summed E-state index contributed by atoms with van der Waals surface area (Å²) in [5.41, 5.74) is 4.37. The Morgan fingerprint density at radius 3 is 2.26 bits per heavy atom. The van der Waals surface area contributed by atoms with Crippen LogP contribution in [0.4, 0.5) is 0 Å². The summed E-state index contributed by atoms with van der Waals surface area (Å²) < 4.78 is 61.5. The summed E-state index contributed by atoms with van der Waals surface area (Å²) in [5, 5.41) is 1.46. The Morgan fingerprint density at radius 1 is 0.930 bits per heavy atom. The number of thioether (sulfide) groups is 1. The van der Waals surface area contributed by atoms with Gasteiger partial charge in [0.05, 0.1) is 16.9 Å². The normalized spacial score (nSPS) is 17.8. The van der Waals surface area contributed by atoms with E-state index < -0.39 is 32.0 Å². The molecule has 0 spiro atoms. The first-order valence-corrected chi connectivity index (χ1v) is 17.5. The van der Waals surface area contributed by atoms with Gasteiger partial charge in [0, 0.05) is 24.6 Å². The van der Waals surface area contributed by atoms with Crippen molar-refractivity contribution >= 4 is 48.5 Å². The molecule has 4 aromatic rings. The van der Waals surface area contributed by atoms with Crippen molar-refractivity contribution in [2.24, 2.45) is 0 Å². The third kappa shape index (κ3) is 6.73. The van der Waals surface area contributed by atoms with Gasteiger partial charge in [-0.25, -0.2) is 16.8 Å². The van der Waals surface area contributed by atoms with Crippen LogP contribution in [0.25, 0.3) is 10.8 Å². The molecule has 0 bridgehead atoms. The number of carbonyl (C=O) groups excluding carboxylic acids is 1. The number of carbonyl (C=O) groups is 1. The SMILES string of the molecule is COc1ccc(CS[C@@H]2C[C@@H](C(=O)NN(C)S(=O)(=O)c3ccc(C)cc3)N(S(=O)(=O)c3ccc4ccccc4c3)C2)cc1. The smallest absolute Gasteiger partial charge is 0.259 e. The van der Waals surface area contributed by atoms with Gasteiger partial charge < -0.3 is 4.74 Å². The van der Waals surface area contributed by atoms with Crippen molar-refractivity contribution in [1.82, 2.24) is 14.1 Å². The van der Waals surface area contributed by atoms with Gasteiger partial charge in [0.2, 0.25) is 10.0 Å². The van der Waals surface area contributed by atoms with Crippen molar-refractivity contribution in [3.8, 4) is 5.75 Å². The third-order valence-electron chi connectivity index (χ3n) is 7.44. The molecule has 0 radical (unpaired) electrons. The van der Waals surface area contributed by atoms with Crippen LogP contribution in [0, 0.1) is 6.92 Å². The van der Waals surface area contributed by atoms with E-state index in [9.17, 15) is 21.6 Å². The quantitative estimate of drug-likeness (QED) is 0.253. The average molecular weight is 640 g/mol. The van der Waals surface area contributed by atoms with E-state index in [-0.39, 0.29) is 28.0 Å². The highest BCUT2D eigenvalue weighted by Crippen LogP contribution is 2.35. The highest BCUT2D eigenvalue weighted by molar-refractivity contribution is 7.99. The summed E-state index contributed by atoms with van der Waals surface area (Å²) in [7, 11) is -5.33. The van der Waals surface area contributed by atoms with E-state index in [1.807, 2.05) is 55.5 Å². The first-order chi connectivity index (χ1) is 20.5. The minimum Gasteiger partial charge on any atom is -0.497 e. The fourth-order valence-corrected chi connectivity index (χ4v) is 8.94. The summed E-state index contributed by atoms with van der Waals surface area (Å²) >= 11 is 1.55. The molecule has 1 heterocycles. The number of aryl methyl sites for hydroxylation is 1. The number of hydrazine groups is 1. The van der Waals surface area contributed by atoms with Gasteiger partial charge in [0.15, 0.2) is 0 Å². The summed E-state index contributed by atoms with van der Waals surface area (Å²) in [6.07, 6.45) is 0.220. The van der Waals surface area contributed by atoms with Crippen molar-refractivity contribution in [1.29, 1.82) is 0 Å². The van der Waals surface area contributed by atoms with Crippen LogP contribution in [0.5, 0.6) is 5.75 Å². The first-order valence-electron chi connectivity index (χ1n) is 13.6. The fraction of sp³-hybridized carbons (Fsp3) is 0.258. The number of amides is 1. The summed E-state index contributed by atoms with van der Waals surface area (Å²) in [6.45, 7) is 1.94. The summed E-state index contributed by atoms with van der Waals surface area (Å²) in [5.74, 6) is 0.632. The lowest BCUT2D eigenvalue weighted by molar-refractivity contribution is -0.126. The molecule has 0 aromatic heterocycles. The van der Waals surface area contributed by atoms with Crippen LogP contribution in [0.3, 0.4) is 0 Å². The molecule has 0 saturated carbocycles. The molecule has 4 aromatic carbocycles. The molecular formula is C31H33N3O6S3. The van der Waals surface area contributed by atoms with Crippen molar-refractivity contribution < 1.29 is 26.4 Å². The van der Waals surface area contributed by atoms with E-state index in [0.29, 0.717) is 5.75 Å². The molecule has 9 nitrogen and oxygen atoms in total. The van der Waals surface area contributed by atoms with Gasteiger partial charge in [-0.1, -0.05) is 60.2 Å². The number of nitrogens with zero attached hydrogens (tertiary/aromatic N) is 2. The second-order valence-corrected chi connectivity index (χ2v) is 15.5. The maximum atomic E-state index is 14.0. The fourth-order valence-electron chi connectivity index (χ4n) is 4.95. The standard InChI is InChI=1S/C31H33N3O6S3/c1-22-8-15-28(16-9-22)42(36,37)33(2)32-31(35)30-19-27(41-21-23-10-13-26(40-3)14-11-23)20-34(30)43(38,39)29-17-12-24-6-4-5-7-25(24)18-29/h4-18,27,30H,19-21H2,1-3H3,(H,32,35)/t27-,30+/m1/s1. The van der Waals surface area contributed by atoms with Gasteiger partial charge in [0.25, 0.3) is 15.9 Å². The van der Waals surface area contributed by atoms with Crippen LogP contribution >= 0.6 is 11.8 Å². The number of nitrogens with one attached hydrogen (secondary N) is 1. The van der Waals surface area contributed by atoms with Crippen LogP contribution in [0.2, 0.25) is 0 Å². The number of sulfonamides is 2. The molecule has 226 valence electrons. The van der Waals surface area contributed by atoms with Crippen molar-refractivity contribution in [2.75, 3.05) is 20.7 Å². The second kappa shape index (κ2) is 12.7. The van der Waals surface area contributed by atoms with Crippen LogP contribution in [-0.4, -0.2) is 63.5 Å². The Labute approximate surface area is 256 Å². The molecule has 1 saturated heterocycles. The Bertz CT molecular complexity index is 1830. The Hall–Kier alpha value is -3.42. The lowest BCUT2D eigenvalue weighted by Gasteiger charge is -2.26. The highest BCUT2D eigenvalue weighted by atomic mass is 32.2. The zero-order valence-electron chi connectivity index (χ0n) is 24.0. The molecule has 0 aliphatic carbocycles. The third-order valence-corrected chi connectivity index (χ3v) is 12.3. The zero-order valence-corrected chi connectivity index (χ0v) is 26.5. The number of methoxy groups -OCH3 is 1. The average Bonchev–Trinajstić information content (AvgIpc) is 3.46. The molecule has 0 unspecified atom stereocenters. The van der Waals surface area contributed by atoms with E-state index in [1.165, 1.54) is 23.5 Å². The van der Waals surface area contributed by atoms with Gasteiger partial charge in [-0.15, -0.1) is 4.41 Å². The van der Waals surface area contributed by atoms with E-state index >= 15 is 0 Å². The molecule has 43 heavy (non-hydrogen) atoms. The molecule has 1 fully saturated rings. The number of benzene rings is 4. The van der Waals surface area contributed by atoms with E-state index in [1.54, 1.807) is 49.2 Å². The van der Waals surface area contributed by atoms with Crippen molar-refractivity contribution in [3.05, 3.63) is 102 Å². The predicted octanol–water partition coefficient (Wildman–Crippen LogP) is 4.57. The number of hydrogen-bond donors (Lipinski definition) is 1. The molecule has 1 aliphatic heterocycles. The van der Waals surface area contributed by atoms with Crippen LogP contribution in [0.1, 0.15) is 17.5 Å². The lowest BCUT2D eigenvalue weighted by atomic mass is 10.1. The van der Waals surface area contributed by atoms with Gasteiger partial charge in [-0.2, -0.15) is 16.1 Å². The zero-order chi connectivity index (χ0) is 30.8. The Balaban J connectivity index is 1.40. The topological polar surface area (TPSA) is 113 Å². The van der Waals surface area contributed by atoms with E-state index in [0.717, 1.165) is 32.1 Å². The maximum absolute atomic E-state index is 14.0. The number of fused-ring (bicyclic) bond motifs is 1. The molecule has 2 atom stereocenters. The van der Waals surface area contributed by atoms with Crippen molar-refractivity contribution in [2.45, 2.75) is 40.2 Å². The Kier molecular flexibility index (Phi) is 9.14. The van der Waals surface area contributed by atoms with Gasteiger partial charge in [0.1, 0.15) is 11.8 Å². The lowest BCUT2D eigenvalue weighted by Crippen LogP contribution is -2.52. The number of rotatable bonds is 10. The minimum absolute atomic E-state index is 0.0147. The second-order valence-electron chi connectivity index (χ2n) is 10.4. The number of ether oxygens (including phenoxy) is 1. The van der Waals surface area contributed by atoms with Crippen LogP contribution in [-0.2, 0) is 30.6 Å². The van der Waals surface area contributed by atoms with Gasteiger partial charge >= 0.3 is 0 Å². The van der Waals surface area contributed by atoms with Gasteiger partial charge in [-0.3, -0.25) is 10.2 Å². The van der Waals surface area contributed by atoms with E-state index in [2.05, 4.69) is 5.43 Å². The minimum atomic E-state index is -4.10. The summed E-state index contributed by atoms with van der Waals surface area (Å²) in [6, 6.07) is 25.1. The highest BCUT2D eigenvalue weighted by Gasteiger charge is 2.45. The molecule has 1 amide bonds. The molecule has 1 aliphatic rings. The van der Waals surface area contributed by atoms with Crippen LogP contribution in [0.15, 0.2) is 101 Å². The van der Waals surface area contributed by atoms with E-state index in [4.69, 9.17) is 4.74 Å².